The number of benzene rings is 1. The number of ether oxygens (including phenoxy) is 1. The Labute approximate surface area is 225 Å². The quantitative estimate of drug-likeness (QED) is 0.531. The molecule has 2 aromatic heterocycles. The summed E-state index contributed by atoms with van der Waals surface area (Å²) >= 11 is 0. The van der Waals surface area contributed by atoms with Crippen LogP contribution >= 0.6 is 0 Å². The number of nitrogens with zero attached hydrogens (tertiary/aromatic N) is 4. The van der Waals surface area contributed by atoms with Crippen molar-refractivity contribution in [1.82, 2.24) is 19.4 Å². The lowest BCUT2D eigenvalue weighted by Crippen LogP contribution is -2.56. The second-order valence-electron chi connectivity index (χ2n) is 11.7. The number of pyridine rings is 1. The molecule has 1 aliphatic carbocycles. The molecule has 2 fully saturated rings. The van der Waals surface area contributed by atoms with Crippen molar-refractivity contribution < 1.29 is 14.6 Å². The summed E-state index contributed by atoms with van der Waals surface area (Å²) in [4.78, 5) is 22.9. The van der Waals surface area contributed by atoms with Gasteiger partial charge < -0.3 is 24.2 Å². The molecule has 38 heavy (non-hydrogen) atoms. The zero-order valence-electron chi connectivity index (χ0n) is 22.7. The van der Waals surface area contributed by atoms with Crippen LogP contribution in [0.3, 0.4) is 0 Å². The van der Waals surface area contributed by atoms with Gasteiger partial charge in [-0.2, -0.15) is 0 Å². The normalized spacial score (nSPS) is 21.8. The maximum atomic E-state index is 13.8. The molecule has 4 heterocycles. The summed E-state index contributed by atoms with van der Waals surface area (Å²) in [5.74, 6) is 1.69. The number of aromatic nitrogens is 2. The number of hydrogen-bond donors (Lipinski definition) is 1. The van der Waals surface area contributed by atoms with Gasteiger partial charge in [-0.1, -0.05) is 18.9 Å². The van der Waals surface area contributed by atoms with Crippen LogP contribution in [0.15, 0.2) is 42.6 Å². The maximum Gasteiger partial charge on any atom is 0.229 e. The van der Waals surface area contributed by atoms with Crippen molar-refractivity contribution in [1.29, 1.82) is 0 Å². The van der Waals surface area contributed by atoms with Crippen LogP contribution in [-0.2, 0) is 23.7 Å². The number of carbonyl (C=O) groups excluding carboxylic acids is 1. The lowest BCUT2D eigenvalue weighted by atomic mass is 9.68. The van der Waals surface area contributed by atoms with Crippen molar-refractivity contribution in [3.63, 3.8) is 0 Å². The average Bonchev–Trinajstić information content (AvgIpc) is 3.57. The molecule has 3 aliphatic rings. The summed E-state index contributed by atoms with van der Waals surface area (Å²) in [5.41, 5.74) is 4.13. The molecule has 7 nitrogen and oxygen atoms in total. The molecular weight excluding hydrogens is 476 g/mol. The molecule has 1 N–H and O–H groups in total. The van der Waals surface area contributed by atoms with Crippen molar-refractivity contribution in [2.75, 3.05) is 39.9 Å². The fraction of sp³-hybridized carbons (Fsp3) is 0.548. The molecule has 0 bridgehead atoms. The van der Waals surface area contributed by atoms with E-state index in [1.165, 1.54) is 43.2 Å². The van der Waals surface area contributed by atoms with Gasteiger partial charge in [0, 0.05) is 54.6 Å². The predicted molar refractivity (Wildman–Crippen MR) is 148 cm³/mol. The Morgan fingerprint density at radius 1 is 1.16 bits per heavy atom. The lowest BCUT2D eigenvalue weighted by molar-refractivity contribution is -0.136. The highest BCUT2D eigenvalue weighted by Gasteiger charge is 2.49. The maximum absolute atomic E-state index is 13.8. The molecule has 7 heteroatoms. The number of fused-ring (bicyclic) bond motifs is 4. The van der Waals surface area contributed by atoms with Gasteiger partial charge >= 0.3 is 0 Å². The Morgan fingerprint density at radius 2 is 1.95 bits per heavy atom. The van der Waals surface area contributed by atoms with E-state index in [-0.39, 0.29) is 30.4 Å². The molecule has 2 aliphatic heterocycles. The van der Waals surface area contributed by atoms with E-state index in [1.54, 1.807) is 13.3 Å². The highest BCUT2D eigenvalue weighted by Crippen LogP contribution is 2.50. The molecule has 1 spiro atoms. The summed E-state index contributed by atoms with van der Waals surface area (Å²) in [6.45, 7) is 3.84. The number of piperidine rings is 1. The van der Waals surface area contributed by atoms with Crippen LogP contribution in [0.2, 0.25) is 0 Å². The molecular formula is C31H40N4O3. The van der Waals surface area contributed by atoms with Crippen LogP contribution < -0.4 is 4.74 Å². The first-order chi connectivity index (χ1) is 18.5. The SMILES string of the molecule is COc1ccc2c3c(n(C)c2c1)[C@@H](CO)N(C(=O)Cc1ccccn1)CC31CCN(CC2CCCC2)CC1. The van der Waals surface area contributed by atoms with Gasteiger partial charge in [0.15, 0.2) is 0 Å². The Balaban J connectivity index is 1.39. The van der Waals surface area contributed by atoms with E-state index < -0.39 is 0 Å². The third kappa shape index (κ3) is 4.39. The zero-order chi connectivity index (χ0) is 26.3. The van der Waals surface area contributed by atoms with Gasteiger partial charge in [0.1, 0.15) is 5.75 Å². The number of amides is 1. The lowest BCUT2D eigenvalue weighted by Gasteiger charge is -2.51. The monoisotopic (exact) mass is 516 g/mol. The summed E-state index contributed by atoms with van der Waals surface area (Å²) in [7, 11) is 3.76. The molecule has 202 valence electrons. The number of carbonyl (C=O) groups is 1. The smallest absolute Gasteiger partial charge is 0.229 e. The fourth-order valence-corrected chi connectivity index (χ4v) is 7.51. The Morgan fingerprint density at radius 3 is 2.63 bits per heavy atom. The van der Waals surface area contributed by atoms with Crippen LogP contribution in [0, 0.1) is 5.92 Å². The van der Waals surface area contributed by atoms with E-state index in [9.17, 15) is 9.90 Å². The van der Waals surface area contributed by atoms with Crippen molar-refractivity contribution >= 4 is 16.8 Å². The van der Waals surface area contributed by atoms with Crippen LogP contribution in [0.25, 0.3) is 10.9 Å². The van der Waals surface area contributed by atoms with Crippen LogP contribution in [-0.4, -0.2) is 70.3 Å². The van der Waals surface area contributed by atoms with Gasteiger partial charge in [-0.25, -0.2) is 0 Å². The third-order valence-corrected chi connectivity index (χ3v) is 9.50. The molecule has 3 aromatic rings. The largest absolute Gasteiger partial charge is 0.497 e. The van der Waals surface area contributed by atoms with Crippen LogP contribution in [0.4, 0.5) is 0 Å². The van der Waals surface area contributed by atoms with Crippen molar-refractivity contribution in [2.24, 2.45) is 13.0 Å². The minimum absolute atomic E-state index is 0.0315. The first-order valence-corrected chi connectivity index (χ1v) is 14.2. The third-order valence-electron chi connectivity index (χ3n) is 9.50. The second kappa shape index (κ2) is 10.3. The first kappa shape index (κ1) is 25.4. The van der Waals surface area contributed by atoms with Crippen molar-refractivity contribution in [2.45, 2.75) is 56.4 Å². The van der Waals surface area contributed by atoms with Gasteiger partial charge in [-0.05, 0) is 74.5 Å². The van der Waals surface area contributed by atoms with Crippen molar-refractivity contribution in [3.8, 4) is 5.75 Å². The van der Waals surface area contributed by atoms with E-state index in [4.69, 9.17) is 4.74 Å². The van der Waals surface area contributed by atoms with Crippen molar-refractivity contribution in [3.05, 3.63) is 59.5 Å². The van der Waals surface area contributed by atoms with E-state index in [2.05, 4.69) is 33.6 Å². The van der Waals surface area contributed by atoms with E-state index in [1.807, 2.05) is 29.2 Å². The highest BCUT2D eigenvalue weighted by molar-refractivity contribution is 5.90. The Kier molecular flexibility index (Phi) is 6.91. The fourth-order valence-electron chi connectivity index (χ4n) is 7.51. The second-order valence-corrected chi connectivity index (χ2v) is 11.7. The molecule has 1 aromatic carbocycles. The van der Waals surface area contributed by atoms with E-state index in [0.29, 0.717) is 6.54 Å². The number of hydrogen-bond acceptors (Lipinski definition) is 5. The molecule has 1 atom stereocenters. The van der Waals surface area contributed by atoms with Gasteiger partial charge in [0.2, 0.25) is 5.91 Å². The molecule has 1 saturated carbocycles. The number of aliphatic hydroxyl groups is 1. The Bertz CT molecular complexity index is 1290. The summed E-state index contributed by atoms with van der Waals surface area (Å²) in [6, 6.07) is 11.6. The number of likely N-dealkylation sites (tertiary alicyclic amines) is 1. The molecule has 1 amide bonds. The van der Waals surface area contributed by atoms with Crippen LogP contribution in [0.1, 0.15) is 61.5 Å². The number of aryl methyl sites for hydroxylation is 1. The number of methoxy groups -OCH3 is 1. The van der Waals surface area contributed by atoms with Gasteiger partial charge in [0.05, 0.1) is 31.7 Å². The topological polar surface area (TPSA) is 70.8 Å². The molecule has 0 radical (unpaired) electrons. The molecule has 0 unspecified atom stereocenters. The first-order valence-electron chi connectivity index (χ1n) is 14.2. The number of rotatable bonds is 6. The standard InChI is InChI=1S/C31H40N4O3/c1-33-26-18-24(38-2)10-11-25(26)29-30(33)27(20-36)35(28(37)17-23-9-5-6-14-32-23)21-31(29)12-15-34(16-13-31)19-22-7-3-4-8-22/h5-6,9-11,14,18,22,27,36H,3-4,7-8,12-13,15-17,19-21H2,1-2H3/t27-/m1/s1. The van der Waals surface area contributed by atoms with Gasteiger partial charge in [-0.15, -0.1) is 0 Å². The number of aliphatic hydroxyl groups excluding tert-OH is 1. The average molecular weight is 517 g/mol. The Hall–Kier alpha value is -2.90. The van der Waals surface area contributed by atoms with E-state index >= 15 is 0 Å². The van der Waals surface area contributed by atoms with Gasteiger partial charge in [-0.3, -0.25) is 9.78 Å². The highest BCUT2D eigenvalue weighted by atomic mass is 16.5. The molecule has 6 rings (SSSR count). The predicted octanol–water partition coefficient (Wildman–Crippen LogP) is 4.22. The minimum Gasteiger partial charge on any atom is -0.497 e. The van der Waals surface area contributed by atoms with Crippen LogP contribution in [0.5, 0.6) is 5.75 Å². The van der Waals surface area contributed by atoms with E-state index in [0.717, 1.165) is 54.5 Å². The summed E-state index contributed by atoms with van der Waals surface area (Å²) < 4.78 is 7.76. The zero-order valence-corrected chi connectivity index (χ0v) is 22.7. The minimum atomic E-state index is -0.383. The summed E-state index contributed by atoms with van der Waals surface area (Å²) in [6.07, 6.45) is 9.50. The van der Waals surface area contributed by atoms with Gasteiger partial charge in [0.25, 0.3) is 0 Å². The molecule has 1 saturated heterocycles. The summed E-state index contributed by atoms with van der Waals surface area (Å²) in [5, 5.41) is 11.9.